The molecule has 1 aliphatic rings. The molecule has 2 amide bonds. The van der Waals surface area contributed by atoms with E-state index in [4.69, 9.17) is 9.47 Å². The zero-order valence-electron chi connectivity index (χ0n) is 15.5. The van der Waals surface area contributed by atoms with Crippen LogP contribution in [0.4, 0.5) is 5.69 Å². The number of pyridine rings is 1. The Morgan fingerprint density at radius 3 is 2.63 bits per heavy atom. The number of hydrogen-bond acceptors (Lipinski definition) is 5. The highest BCUT2D eigenvalue weighted by Crippen LogP contribution is 2.35. The highest BCUT2D eigenvalue weighted by Gasteiger charge is 2.17. The predicted octanol–water partition coefficient (Wildman–Crippen LogP) is 2.72. The lowest BCUT2D eigenvalue weighted by Crippen LogP contribution is -2.20. The van der Waals surface area contributed by atoms with E-state index in [0.29, 0.717) is 37.3 Å². The number of ether oxygens (including phenoxy) is 2. The second-order valence-corrected chi connectivity index (χ2v) is 6.48. The summed E-state index contributed by atoms with van der Waals surface area (Å²) >= 11 is 0. The summed E-state index contributed by atoms with van der Waals surface area (Å²) < 4.78 is 10.9. The van der Waals surface area contributed by atoms with Crippen molar-refractivity contribution in [3.05, 3.63) is 47.3 Å². The van der Waals surface area contributed by atoms with Crippen molar-refractivity contribution in [3.63, 3.8) is 0 Å². The fourth-order valence-corrected chi connectivity index (χ4v) is 2.89. The lowest BCUT2D eigenvalue weighted by Gasteiger charge is -2.12. The summed E-state index contributed by atoms with van der Waals surface area (Å²) in [6.45, 7) is 4.03. The van der Waals surface area contributed by atoms with E-state index < -0.39 is 0 Å². The molecule has 7 heteroatoms. The molecule has 2 N–H and O–H groups in total. The molecule has 2 aromatic rings. The van der Waals surface area contributed by atoms with Crippen molar-refractivity contribution in [1.82, 2.24) is 10.3 Å². The maximum Gasteiger partial charge on any atom is 0.231 e. The van der Waals surface area contributed by atoms with E-state index in [-0.39, 0.29) is 18.6 Å². The van der Waals surface area contributed by atoms with Crippen LogP contribution in [0.5, 0.6) is 11.5 Å². The number of benzene rings is 1. The summed E-state index contributed by atoms with van der Waals surface area (Å²) in [5.41, 5.74) is 3.72. The Hall–Kier alpha value is -3.09. The van der Waals surface area contributed by atoms with Gasteiger partial charge in [-0.25, -0.2) is 0 Å². The van der Waals surface area contributed by atoms with E-state index in [2.05, 4.69) is 15.6 Å². The number of fused-ring (bicyclic) bond motifs is 1. The molecular formula is C20H23N3O4. The third kappa shape index (κ3) is 4.97. The summed E-state index contributed by atoms with van der Waals surface area (Å²) in [5, 5.41) is 5.70. The Bertz CT molecular complexity index is 851. The molecule has 0 atom stereocenters. The van der Waals surface area contributed by atoms with Crippen molar-refractivity contribution in [2.75, 3.05) is 12.1 Å². The number of carbonyl (C=O) groups excluding carboxylic acids is 2. The van der Waals surface area contributed by atoms with Gasteiger partial charge in [-0.05, 0) is 54.7 Å². The second kappa shape index (κ2) is 8.53. The molecule has 7 nitrogen and oxygen atoms in total. The van der Waals surface area contributed by atoms with Crippen molar-refractivity contribution in [2.45, 2.75) is 39.7 Å². The Morgan fingerprint density at radius 1 is 1.19 bits per heavy atom. The number of hydrogen-bond donors (Lipinski definition) is 2. The average molecular weight is 369 g/mol. The summed E-state index contributed by atoms with van der Waals surface area (Å²) in [4.78, 5) is 27.5. The highest BCUT2D eigenvalue weighted by atomic mass is 16.7. The maximum absolute atomic E-state index is 12.2. The Balaban J connectivity index is 1.60. The van der Waals surface area contributed by atoms with Gasteiger partial charge in [0.15, 0.2) is 11.5 Å². The van der Waals surface area contributed by atoms with Crippen molar-refractivity contribution < 1.29 is 19.1 Å². The van der Waals surface area contributed by atoms with Gasteiger partial charge in [0.25, 0.3) is 0 Å². The van der Waals surface area contributed by atoms with Gasteiger partial charge < -0.3 is 20.1 Å². The van der Waals surface area contributed by atoms with Gasteiger partial charge in [0, 0.05) is 26.1 Å². The Labute approximate surface area is 158 Å². The number of aromatic nitrogens is 1. The standard InChI is InChI=1S/C20H23N3O4/c1-13-6-7-21-11-17(13)23-20(25)5-3-4-15-8-18-19(27-12-26-18)9-16(15)10-22-14(2)24/h6-9,11H,3-5,10,12H2,1-2H3,(H,22,24)(H,23,25). The van der Waals surface area contributed by atoms with Crippen LogP contribution < -0.4 is 20.1 Å². The molecule has 0 spiro atoms. The number of rotatable bonds is 7. The van der Waals surface area contributed by atoms with Gasteiger partial charge in [-0.15, -0.1) is 0 Å². The molecule has 1 aromatic carbocycles. The molecule has 1 aromatic heterocycles. The minimum absolute atomic E-state index is 0.0461. The summed E-state index contributed by atoms with van der Waals surface area (Å²) in [6.07, 6.45) is 5.11. The van der Waals surface area contributed by atoms with Crippen LogP contribution in [0.15, 0.2) is 30.6 Å². The van der Waals surface area contributed by atoms with Crippen molar-refractivity contribution in [1.29, 1.82) is 0 Å². The van der Waals surface area contributed by atoms with E-state index in [1.165, 1.54) is 6.92 Å². The quantitative estimate of drug-likeness (QED) is 0.783. The van der Waals surface area contributed by atoms with E-state index >= 15 is 0 Å². The molecular weight excluding hydrogens is 346 g/mol. The number of nitrogens with one attached hydrogen (secondary N) is 2. The first-order valence-corrected chi connectivity index (χ1v) is 8.89. The van der Waals surface area contributed by atoms with Gasteiger partial charge in [-0.3, -0.25) is 14.6 Å². The van der Waals surface area contributed by atoms with Gasteiger partial charge in [-0.2, -0.15) is 0 Å². The molecule has 27 heavy (non-hydrogen) atoms. The van der Waals surface area contributed by atoms with Crippen LogP contribution in [0.1, 0.15) is 36.5 Å². The molecule has 0 unspecified atom stereocenters. The average Bonchev–Trinajstić information content (AvgIpc) is 3.09. The van der Waals surface area contributed by atoms with E-state index in [1.807, 2.05) is 25.1 Å². The fraction of sp³-hybridized carbons (Fsp3) is 0.350. The van der Waals surface area contributed by atoms with Crippen LogP contribution in [-0.2, 0) is 22.6 Å². The predicted molar refractivity (Wildman–Crippen MR) is 101 cm³/mol. The minimum Gasteiger partial charge on any atom is -0.454 e. The minimum atomic E-state index is -0.0927. The molecule has 0 radical (unpaired) electrons. The van der Waals surface area contributed by atoms with E-state index in [0.717, 1.165) is 22.4 Å². The van der Waals surface area contributed by atoms with Gasteiger partial charge in [0.2, 0.25) is 18.6 Å². The number of aryl methyl sites for hydroxylation is 2. The van der Waals surface area contributed by atoms with Crippen molar-refractivity contribution in [3.8, 4) is 11.5 Å². The van der Waals surface area contributed by atoms with Crippen LogP contribution in [0, 0.1) is 6.92 Å². The summed E-state index contributed by atoms with van der Waals surface area (Å²) in [7, 11) is 0. The topological polar surface area (TPSA) is 89.6 Å². The lowest BCUT2D eigenvalue weighted by atomic mass is 10.0. The SMILES string of the molecule is CC(=O)NCc1cc2c(cc1CCCC(=O)Nc1cnccc1C)OCO2. The van der Waals surface area contributed by atoms with Crippen molar-refractivity contribution in [2.24, 2.45) is 0 Å². The molecule has 3 rings (SSSR count). The largest absolute Gasteiger partial charge is 0.454 e. The first-order chi connectivity index (χ1) is 13.0. The second-order valence-electron chi connectivity index (χ2n) is 6.48. The molecule has 2 heterocycles. The van der Waals surface area contributed by atoms with Crippen LogP contribution in [0.3, 0.4) is 0 Å². The Kier molecular flexibility index (Phi) is 5.90. The molecule has 0 saturated carbocycles. The third-order valence-corrected chi connectivity index (χ3v) is 4.39. The smallest absolute Gasteiger partial charge is 0.231 e. The molecule has 0 bridgehead atoms. The van der Waals surface area contributed by atoms with Crippen LogP contribution in [0.2, 0.25) is 0 Å². The fourth-order valence-electron chi connectivity index (χ4n) is 2.89. The van der Waals surface area contributed by atoms with Crippen LogP contribution in [-0.4, -0.2) is 23.6 Å². The van der Waals surface area contributed by atoms with Gasteiger partial charge in [-0.1, -0.05) is 0 Å². The number of amides is 2. The molecule has 1 aliphatic heterocycles. The molecule has 0 fully saturated rings. The number of nitrogens with zero attached hydrogens (tertiary/aromatic N) is 1. The number of carbonyl (C=O) groups is 2. The molecule has 0 saturated heterocycles. The van der Waals surface area contributed by atoms with Crippen LogP contribution in [0.25, 0.3) is 0 Å². The normalized spacial score (nSPS) is 11.9. The van der Waals surface area contributed by atoms with Crippen LogP contribution >= 0.6 is 0 Å². The zero-order chi connectivity index (χ0) is 19.2. The van der Waals surface area contributed by atoms with Gasteiger partial charge in [0.05, 0.1) is 11.9 Å². The first-order valence-electron chi connectivity index (χ1n) is 8.89. The van der Waals surface area contributed by atoms with E-state index in [1.54, 1.807) is 12.4 Å². The van der Waals surface area contributed by atoms with Gasteiger partial charge in [0.1, 0.15) is 0 Å². The zero-order valence-corrected chi connectivity index (χ0v) is 15.5. The van der Waals surface area contributed by atoms with Crippen molar-refractivity contribution >= 4 is 17.5 Å². The summed E-state index contributed by atoms with van der Waals surface area (Å²) in [5.74, 6) is 1.25. The molecule has 0 aliphatic carbocycles. The summed E-state index contributed by atoms with van der Waals surface area (Å²) in [6, 6.07) is 5.69. The highest BCUT2D eigenvalue weighted by molar-refractivity contribution is 5.91. The van der Waals surface area contributed by atoms with E-state index in [9.17, 15) is 9.59 Å². The third-order valence-electron chi connectivity index (χ3n) is 4.39. The first kappa shape index (κ1) is 18.7. The number of anilines is 1. The maximum atomic E-state index is 12.2. The Morgan fingerprint density at radius 2 is 1.93 bits per heavy atom. The van der Waals surface area contributed by atoms with Gasteiger partial charge >= 0.3 is 0 Å². The molecule has 142 valence electrons. The lowest BCUT2D eigenvalue weighted by molar-refractivity contribution is -0.119. The monoisotopic (exact) mass is 369 g/mol.